The van der Waals surface area contributed by atoms with Gasteiger partial charge in [0.15, 0.2) is 11.6 Å². The number of benzene rings is 1. The van der Waals surface area contributed by atoms with Gasteiger partial charge in [-0.2, -0.15) is 0 Å². The second kappa shape index (κ2) is 6.94. The minimum atomic E-state index is -0.859. The van der Waals surface area contributed by atoms with Crippen molar-refractivity contribution >= 4 is 17.3 Å². The fourth-order valence-corrected chi connectivity index (χ4v) is 1.37. The fourth-order valence-electron chi connectivity index (χ4n) is 1.37. The topological polar surface area (TPSA) is 93.5 Å². The highest BCUT2D eigenvalue weighted by Crippen LogP contribution is 2.32. The van der Waals surface area contributed by atoms with Gasteiger partial charge < -0.3 is 15.4 Å². The fraction of sp³-hybridized carbons (Fsp3) is 0.250. The lowest BCUT2D eigenvalue weighted by atomic mass is 10.2. The van der Waals surface area contributed by atoms with Gasteiger partial charge in [0.25, 0.3) is 0 Å². The predicted octanol–water partition coefficient (Wildman–Crippen LogP) is 0.904. The molecular weight excluding hydrogens is 269 g/mol. The smallest absolute Gasteiger partial charge is 0.313 e. The standard InChI is InChI=1S/C12H12FN3O4/c1-3-4-14-12(17)7-15-9-6-11(20-2)10(16(18)19)5-8(9)13/h1,5-6,15H,4,7H2,2H3,(H,14,17). The summed E-state index contributed by atoms with van der Waals surface area (Å²) >= 11 is 0. The van der Waals surface area contributed by atoms with E-state index in [1.807, 2.05) is 0 Å². The van der Waals surface area contributed by atoms with Gasteiger partial charge in [0, 0.05) is 6.07 Å². The van der Waals surface area contributed by atoms with Gasteiger partial charge >= 0.3 is 5.69 Å². The monoisotopic (exact) mass is 281 g/mol. The summed E-state index contributed by atoms with van der Waals surface area (Å²) in [5.41, 5.74) is -0.573. The molecule has 7 nitrogen and oxygen atoms in total. The van der Waals surface area contributed by atoms with Gasteiger partial charge in [-0.25, -0.2) is 4.39 Å². The van der Waals surface area contributed by atoms with Gasteiger partial charge in [-0.05, 0) is 0 Å². The van der Waals surface area contributed by atoms with Crippen molar-refractivity contribution < 1.29 is 18.8 Å². The number of nitro benzene ring substituents is 1. The van der Waals surface area contributed by atoms with Crippen LogP contribution in [0, 0.1) is 28.3 Å². The molecule has 0 saturated heterocycles. The van der Waals surface area contributed by atoms with Crippen LogP contribution in [0.5, 0.6) is 5.75 Å². The first kappa shape index (κ1) is 15.2. The number of amides is 1. The summed E-state index contributed by atoms with van der Waals surface area (Å²) in [7, 11) is 1.23. The first-order chi connectivity index (χ1) is 9.49. The van der Waals surface area contributed by atoms with Gasteiger partial charge in [0.1, 0.15) is 0 Å². The van der Waals surface area contributed by atoms with Crippen LogP contribution < -0.4 is 15.4 Å². The van der Waals surface area contributed by atoms with Crippen LogP contribution in [0.4, 0.5) is 15.8 Å². The zero-order valence-electron chi connectivity index (χ0n) is 10.6. The van der Waals surface area contributed by atoms with Crippen LogP contribution in [0.2, 0.25) is 0 Å². The van der Waals surface area contributed by atoms with E-state index in [0.717, 1.165) is 12.1 Å². The van der Waals surface area contributed by atoms with Crippen molar-refractivity contribution in [3.8, 4) is 18.1 Å². The first-order valence-corrected chi connectivity index (χ1v) is 5.45. The molecule has 0 aromatic heterocycles. The molecule has 20 heavy (non-hydrogen) atoms. The van der Waals surface area contributed by atoms with Crippen molar-refractivity contribution in [1.29, 1.82) is 0 Å². The highest BCUT2D eigenvalue weighted by atomic mass is 19.1. The predicted molar refractivity (Wildman–Crippen MR) is 69.9 cm³/mol. The summed E-state index contributed by atoms with van der Waals surface area (Å²) in [5, 5.41) is 15.6. The average Bonchev–Trinajstić information content (AvgIpc) is 2.43. The zero-order chi connectivity index (χ0) is 15.1. The summed E-state index contributed by atoms with van der Waals surface area (Å²) in [5.74, 6) is 0.819. The molecule has 106 valence electrons. The number of nitrogens with one attached hydrogen (secondary N) is 2. The molecule has 0 spiro atoms. The van der Waals surface area contributed by atoms with Crippen molar-refractivity contribution in [3.05, 3.63) is 28.1 Å². The summed E-state index contributed by atoms with van der Waals surface area (Å²) in [6, 6.07) is 1.84. The maximum Gasteiger partial charge on any atom is 0.313 e. The molecule has 0 bridgehead atoms. The molecule has 0 saturated carbocycles. The molecule has 0 heterocycles. The van der Waals surface area contributed by atoms with Crippen LogP contribution in [0.25, 0.3) is 0 Å². The Morgan fingerprint density at radius 2 is 2.30 bits per heavy atom. The Bertz CT molecular complexity index is 569. The maximum atomic E-state index is 13.6. The van der Waals surface area contributed by atoms with Crippen LogP contribution in [0.15, 0.2) is 12.1 Å². The number of carbonyl (C=O) groups is 1. The molecule has 1 aromatic rings. The third-order valence-corrected chi connectivity index (χ3v) is 2.29. The largest absolute Gasteiger partial charge is 0.490 e. The van der Waals surface area contributed by atoms with E-state index < -0.39 is 22.3 Å². The molecule has 0 fully saturated rings. The molecule has 1 amide bonds. The number of hydrogen-bond acceptors (Lipinski definition) is 5. The second-order valence-electron chi connectivity index (χ2n) is 3.60. The number of terminal acetylenes is 1. The Hall–Kier alpha value is -2.82. The average molecular weight is 281 g/mol. The van der Waals surface area contributed by atoms with Crippen molar-refractivity contribution in [2.75, 3.05) is 25.5 Å². The lowest BCUT2D eigenvalue weighted by molar-refractivity contribution is -0.385. The van der Waals surface area contributed by atoms with E-state index in [0.29, 0.717) is 0 Å². The quantitative estimate of drug-likeness (QED) is 0.459. The highest BCUT2D eigenvalue weighted by molar-refractivity contribution is 5.81. The number of rotatable bonds is 6. The van der Waals surface area contributed by atoms with Crippen LogP contribution in [0.1, 0.15) is 0 Å². The Morgan fingerprint density at radius 3 is 2.85 bits per heavy atom. The van der Waals surface area contributed by atoms with Crippen molar-refractivity contribution in [2.24, 2.45) is 0 Å². The number of nitrogens with zero attached hydrogens (tertiary/aromatic N) is 1. The molecule has 0 aliphatic rings. The van der Waals surface area contributed by atoms with E-state index in [4.69, 9.17) is 11.2 Å². The molecule has 8 heteroatoms. The zero-order valence-corrected chi connectivity index (χ0v) is 10.6. The van der Waals surface area contributed by atoms with E-state index in [1.165, 1.54) is 7.11 Å². The third-order valence-electron chi connectivity index (χ3n) is 2.29. The molecule has 1 aromatic carbocycles. The minimum Gasteiger partial charge on any atom is -0.490 e. The van der Waals surface area contributed by atoms with E-state index in [9.17, 15) is 19.3 Å². The Balaban J connectivity index is 2.84. The first-order valence-electron chi connectivity index (χ1n) is 5.45. The van der Waals surface area contributed by atoms with Crippen molar-refractivity contribution in [2.45, 2.75) is 0 Å². The number of halogens is 1. The molecule has 0 atom stereocenters. The lowest BCUT2D eigenvalue weighted by Crippen LogP contribution is -2.30. The maximum absolute atomic E-state index is 13.6. The number of methoxy groups -OCH3 is 1. The number of ether oxygens (including phenoxy) is 1. The molecular formula is C12H12FN3O4. The van der Waals surface area contributed by atoms with Crippen LogP contribution in [-0.2, 0) is 4.79 Å². The summed E-state index contributed by atoms with van der Waals surface area (Å²) in [6.45, 7) is -0.161. The normalized spacial score (nSPS) is 9.45. The van der Waals surface area contributed by atoms with Crippen molar-refractivity contribution in [3.63, 3.8) is 0 Å². The van der Waals surface area contributed by atoms with Gasteiger partial charge in [0.2, 0.25) is 5.91 Å². The van der Waals surface area contributed by atoms with E-state index in [2.05, 4.69) is 16.6 Å². The van der Waals surface area contributed by atoms with E-state index in [-0.39, 0.29) is 24.5 Å². The highest BCUT2D eigenvalue weighted by Gasteiger charge is 2.19. The molecule has 2 N–H and O–H groups in total. The Kier molecular flexibility index (Phi) is 5.29. The third kappa shape index (κ3) is 3.84. The number of carbonyl (C=O) groups excluding carboxylic acids is 1. The van der Waals surface area contributed by atoms with Gasteiger partial charge in [-0.1, -0.05) is 5.92 Å². The van der Waals surface area contributed by atoms with E-state index in [1.54, 1.807) is 0 Å². The number of hydrogen-bond donors (Lipinski definition) is 2. The summed E-state index contributed by atoms with van der Waals surface area (Å²) < 4.78 is 18.4. The molecule has 0 aliphatic heterocycles. The molecule has 0 unspecified atom stereocenters. The van der Waals surface area contributed by atoms with Crippen LogP contribution in [-0.4, -0.2) is 31.0 Å². The Morgan fingerprint density at radius 1 is 1.60 bits per heavy atom. The Labute approximate surface area is 114 Å². The molecule has 0 aliphatic carbocycles. The van der Waals surface area contributed by atoms with Crippen LogP contribution >= 0.6 is 0 Å². The lowest BCUT2D eigenvalue weighted by Gasteiger charge is -2.09. The SMILES string of the molecule is C#CCNC(=O)CNc1cc(OC)c([N+](=O)[O-])cc1F. The molecule has 1 rings (SSSR count). The number of anilines is 1. The van der Waals surface area contributed by atoms with Gasteiger partial charge in [0.05, 0.1) is 36.9 Å². The van der Waals surface area contributed by atoms with Gasteiger partial charge in [-0.3, -0.25) is 14.9 Å². The summed E-state index contributed by atoms with van der Waals surface area (Å²) in [4.78, 5) is 21.2. The second-order valence-corrected chi connectivity index (χ2v) is 3.60. The molecule has 0 radical (unpaired) electrons. The van der Waals surface area contributed by atoms with Crippen LogP contribution in [0.3, 0.4) is 0 Å². The van der Waals surface area contributed by atoms with E-state index >= 15 is 0 Å². The van der Waals surface area contributed by atoms with Crippen molar-refractivity contribution in [1.82, 2.24) is 5.32 Å². The summed E-state index contributed by atoms with van der Waals surface area (Å²) in [6.07, 6.45) is 4.97. The minimum absolute atomic E-state index is 0.0621. The number of nitro groups is 1. The van der Waals surface area contributed by atoms with Gasteiger partial charge in [-0.15, -0.1) is 6.42 Å².